The molecule has 7 heteroatoms. The molecule has 0 aromatic carbocycles. The van der Waals surface area contributed by atoms with Gasteiger partial charge in [-0.2, -0.15) is 13.1 Å². The zero-order chi connectivity index (χ0) is 12.6. The van der Waals surface area contributed by atoms with Crippen LogP contribution in [0.5, 0.6) is 0 Å². The molecule has 0 aromatic heterocycles. The SMILES string of the molecule is C#CC(CCC)NS(=O)(=O)NC(=O)OCC. The third-order valence-corrected chi connectivity index (χ3v) is 2.60. The molecule has 6 nitrogen and oxygen atoms in total. The topological polar surface area (TPSA) is 84.5 Å². The summed E-state index contributed by atoms with van der Waals surface area (Å²) in [6.45, 7) is 3.53. The van der Waals surface area contributed by atoms with Crippen LogP contribution in [-0.2, 0) is 14.9 Å². The summed E-state index contributed by atoms with van der Waals surface area (Å²) in [5, 5.41) is 0. The maximum Gasteiger partial charge on any atom is 0.421 e. The molecule has 0 aliphatic rings. The minimum absolute atomic E-state index is 0.0921. The van der Waals surface area contributed by atoms with Gasteiger partial charge < -0.3 is 4.74 Å². The summed E-state index contributed by atoms with van der Waals surface area (Å²) >= 11 is 0. The van der Waals surface area contributed by atoms with E-state index in [0.29, 0.717) is 6.42 Å². The van der Waals surface area contributed by atoms with Crippen molar-refractivity contribution >= 4 is 16.3 Å². The molecule has 0 aliphatic carbocycles. The molecule has 92 valence electrons. The lowest BCUT2D eigenvalue weighted by molar-refractivity contribution is 0.158. The van der Waals surface area contributed by atoms with Crippen molar-refractivity contribution < 1.29 is 17.9 Å². The molecule has 1 unspecified atom stereocenters. The molecule has 1 atom stereocenters. The first kappa shape index (κ1) is 14.7. The van der Waals surface area contributed by atoms with Gasteiger partial charge in [-0.25, -0.2) is 9.52 Å². The number of carbonyl (C=O) groups is 1. The van der Waals surface area contributed by atoms with E-state index in [1.165, 1.54) is 0 Å². The number of hydrogen-bond acceptors (Lipinski definition) is 4. The smallest absolute Gasteiger partial charge is 0.421 e. The van der Waals surface area contributed by atoms with E-state index in [1.54, 1.807) is 11.6 Å². The Bertz CT molecular complexity index is 358. The van der Waals surface area contributed by atoms with Crippen molar-refractivity contribution in [2.45, 2.75) is 32.7 Å². The Balaban J connectivity index is 4.34. The number of amides is 1. The fourth-order valence-corrected chi connectivity index (χ4v) is 1.85. The van der Waals surface area contributed by atoms with Crippen molar-refractivity contribution in [2.24, 2.45) is 0 Å². The number of hydrogen-bond donors (Lipinski definition) is 2. The van der Waals surface area contributed by atoms with Gasteiger partial charge in [0.05, 0.1) is 12.6 Å². The highest BCUT2D eigenvalue weighted by atomic mass is 32.2. The number of rotatable bonds is 6. The van der Waals surface area contributed by atoms with Crippen LogP contribution in [0.3, 0.4) is 0 Å². The Morgan fingerprint density at radius 3 is 2.56 bits per heavy atom. The van der Waals surface area contributed by atoms with Gasteiger partial charge in [-0.3, -0.25) is 0 Å². The van der Waals surface area contributed by atoms with E-state index in [1.807, 2.05) is 6.92 Å². The molecule has 16 heavy (non-hydrogen) atoms. The van der Waals surface area contributed by atoms with Crippen LogP contribution >= 0.6 is 0 Å². The normalized spacial score (nSPS) is 12.6. The van der Waals surface area contributed by atoms with E-state index in [-0.39, 0.29) is 6.61 Å². The lowest BCUT2D eigenvalue weighted by atomic mass is 10.2. The van der Waals surface area contributed by atoms with E-state index < -0.39 is 22.3 Å². The molecule has 2 N–H and O–H groups in total. The van der Waals surface area contributed by atoms with Crippen molar-refractivity contribution in [2.75, 3.05) is 6.61 Å². The molecular weight excluding hydrogens is 232 g/mol. The molecule has 0 aliphatic heterocycles. The zero-order valence-corrected chi connectivity index (χ0v) is 10.1. The predicted molar refractivity (Wildman–Crippen MR) is 59.7 cm³/mol. The maximum absolute atomic E-state index is 11.3. The minimum atomic E-state index is -3.95. The monoisotopic (exact) mass is 248 g/mol. The van der Waals surface area contributed by atoms with Crippen LogP contribution in [0, 0.1) is 12.3 Å². The van der Waals surface area contributed by atoms with E-state index in [9.17, 15) is 13.2 Å². The summed E-state index contributed by atoms with van der Waals surface area (Å²) < 4.78 is 31.0. The number of nitrogens with one attached hydrogen (secondary N) is 2. The van der Waals surface area contributed by atoms with E-state index >= 15 is 0 Å². The molecule has 0 bridgehead atoms. The van der Waals surface area contributed by atoms with Crippen molar-refractivity contribution in [1.82, 2.24) is 9.44 Å². The van der Waals surface area contributed by atoms with Crippen molar-refractivity contribution in [1.29, 1.82) is 0 Å². The van der Waals surface area contributed by atoms with Crippen LogP contribution in [0.2, 0.25) is 0 Å². The standard InChI is InChI=1S/C9H16N2O4S/c1-4-7-8(5-2)10-16(13,14)11-9(12)15-6-3/h2,8,10H,4,6-7H2,1,3H3,(H,11,12). The Kier molecular flexibility index (Phi) is 6.53. The van der Waals surface area contributed by atoms with E-state index in [2.05, 4.69) is 15.4 Å². The molecule has 1 amide bonds. The van der Waals surface area contributed by atoms with Crippen LogP contribution in [0.15, 0.2) is 0 Å². The minimum Gasteiger partial charge on any atom is -0.449 e. The highest BCUT2D eigenvalue weighted by Gasteiger charge is 2.18. The third kappa shape index (κ3) is 6.27. The van der Waals surface area contributed by atoms with Crippen LogP contribution in [0.1, 0.15) is 26.7 Å². The van der Waals surface area contributed by atoms with Crippen molar-refractivity contribution in [3.8, 4) is 12.3 Å². The molecule has 0 heterocycles. The van der Waals surface area contributed by atoms with Gasteiger partial charge in [-0.1, -0.05) is 19.3 Å². The largest absolute Gasteiger partial charge is 0.449 e. The van der Waals surface area contributed by atoms with E-state index in [4.69, 9.17) is 6.42 Å². The first-order valence-corrected chi connectivity index (χ1v) is 6.36. The van der Waals surface area contributed by atoms with Crippen molar-refractivity contribution in [3.63, 3.8) is 0 Å². The van der Waals surface area contributed by atoms with Gasteiger partial charge in [-0.05, 0) is 13.3 Å². The fraction of sp³-hybridized carbons (Fsp3) is 0.667. The van der Waals surface area contributed by atoms with Gasteiger partial charge in [-0.15, -0.1) is 6.42 Å². The summed E-state index contributed by atoms with van der Waals surface area (Å²) in [6.07, 6.45) is 5.34. The van der Waals surface area contributed by atoms with Crippen molar-refractivity contribution in [3.05, 3.63) is 0 Å². The average Bonchev–Trinajstić information content (AvgIpc) is 2.16. The molecule has 0 radical (unpaired) electrons. The molecular formula is C9H16N2O4S. The van der Waals surface area contributed by atoms with Crippen LogP contribution in [-0.4, -0.2) is 27.2 Å². The first-order chi connectivity index (χ1) is 7.45. The molecule has 0 rings (SSSR count). The zero-order valence-electron chi connectivity index (χ0n) is 9.32. The highest BCUT2D eigenvalue weighted by Crippen LogP contribution is 1.96. The second-order valence-corrected chi connectivity index (χ2v) is 4.40. The van der Waals surface area contributed by atoms with Gasteiger partial charge in [0, 0.05) is 0 Å². The quantitative estimate of drug-likeness (QED) is 0.665. The maximum atomic E-state index is 11.3. The van der Waals surface area contributed by atoms with Gasteiger partial charge in [0.25, 0.3) is 0 Å². The highest BCUT2D eigenvalue weighted by molar-refractivity contribution is 7.88. The summed E-state index contributed by atoms with van der Waals surface area (Å²) in [6, 6.07) is -0.628. The molecule has 0 saturated carbocycles. The van der Waals surface area contributed by atoms with Gasteiger partial charge in [0.1, 0.15) is 0 Å². The van der Waals surface area contributed by atoms with Gasteiger partial charge in [0.2, 0.25) is 0 Å². The molecule has 0 aromatic rings. The molecule has 0 saturated heterocycles. The molecule has 0 fully saturated rings. The second-order valence-electron chi connectivity index (χ2n) is 2.95. The van der Waals surface area contributed by atoms with Crippen LogP contribution in [0.4, 0.5) is 4.79 Å². The lowest BCUT2D eigenvalue weighted by Gasteiger charge is -2.12. The third-order valence-electron chi connectivity index (χ3n) is 1.57. The van der Waals surface area contributed by atoms with Gasteiger partial charge in [0.15, 0.2) is 0 Å². The Hall–Kier alpha value is -1.26. The average molecular weight is 248 g/mol. The van der Waals surface area contributed by atoms with Crippen LogP contribution in [0.25, 0.3) is 0 Å². The summed E-state index contributed by atoms with van der Waals surface area (Å²) in [5.41, 5.74) is 0. The summed E-state index contributed by atoms with van der Waals surface area (Å²) in [7, 11) is -3.95. The van der Waals surface area contributed by atoms with Crippen LogP contribution < -0.4 is 9.44 Å². The number of terminal acetylenes is 1. The number of ether oxygens (including phenoxy) is 1. The Labute approximate surface area is 95.9 Å². The summed E-state index contributed by atoms with van der Waals surface area (Å²) in [5.74, 6) is 2.28. The predicted octanol–water partition coefficient (Wildman–Crippen LogP) is 0.369. The number of carbonyl (C=O) groups excluding carboxylic acids is 1. The molecule has 0 spiro atoms. The Morgan fingerprint density at radius 1 is 1.50 bits per heavy atom. The Morgan fingerprint density at radius 2 is 2.12 bits per heavy atom. The van der Waals surface area contributed by atoms with E-state index in [0.717, 1.165) is 6.42 Å². The summed E-state index contributed by atoms with van der Waals surface area (Å²) in [4.78, 5) is 10.9. The second kappa shape index (κ2) is 7.09. The lowest BCUT2D eigenvalue weighted by Crippen LogP contribution is -2.44. The fourth-order valence-electron chi connectivity index (χ4n) is 0.952. The first-order valence-electron chi connectivity index (χ1n) is 4.88. The van der Waals surface area contributed by atoms with Gasteiger partial charge >= 0.3 is 16.3 Å².